The maximum atomic E-state index is 12.7. The normalized spacial score (nSPS) is 14.7. The number of carbonyl (C=O) groups excluding carboxylic acids is 2. The van der Waals surface area contributed by atoms with Crippen molar-refractivity contribution in [2.24, 2.45) is 0 Å². The Balaban J connectivity index is 1.82. The molecule has 3 rings (SSSR count). The van der Waals surface area contributed by atoms with Crippen LogP contribution in [0.5, 0.6) is 0 Å². The molecular formula is C19H20N2O2S. The van der Waals surface area contributed by atoms with Crippen LogP contribution in [-0.4, -0.2) is 29.8 Å². The monoisotopic (exact) mass is 340 g/mol. The summed E-state index contributed by atoms with van der Waals surface area (Å²) in [7, 11) is 0. The predicted molar refractivity (Wildman–Crippen MR) is 96.8 cm³/mol. The Kier molecular flexibility index (Phi) is 5.11. The molecule has 1 saturated heterocycles. The van der Waals surface area contributed by atoms with Gasteiger partial charge in [-0.1, -0.05) is 23.8 Å². The Bertz CT molecular complexity index is 742. The molecule has 1 fully saturated rings. The largest absolute Gasteiger partial charge is 0.337 e. The van der Waals surface area contributed by atoms with Crippen LogP contribution in [0.25, 0.3) is 6.08 Å². The minimum absolute atomic E-state index is 0.110. The van der Waals surface area contributed by atoms with Crippen LogP contribution < -0.4 is 5.32 Å². The van der Waals surface area contributed by atoms with E-state index >= 15 is 0 Å². The van der Waals surface area contributed by atoms with Gasteiger partial charge in [0.15, 0.2) is 0 Å². The molecule has 0 unspecified atom stereocenters. The lowest BCUT2D eigenvalue weighted by atomic mass is 10.1. The Morgan fingerprint density at radius 3 is 2.46 bits per heavy atom. The number of nitrogens with one attached hydrogen (secondary N) is 1. The summed E-state index contributed by atoms with van der Waals surface area (Å²) in [4.78, 5) is 28.0. The highest BCUT2D eigenvalue weighted by Gasteiger charge is 2.23. The van der Waals surface area contributed by atoms with Gasteiger partial charge in [-0.15, -0.1) is 11.3 Å². The number of hydrogen-bond acceptors (Lipinski definition) is 3. The van der Waals surface area contributed by atoms with E-state index in [0.29, 0.717) is 11.3 Å². The van der Waals surface area contributed by atoms with E-state index < -0.39 is 0 Å². The summed E-state index contributed by atoms with van der Waals surface area (Å²) in [5, 5.41) is 4.76. The fourth-order valence-electron chi connectivity index (χ4n) is 2.66. The number of rotatable bonds is 4. The Labute approximate surface area is 145 Å². The number of hydrogen-bond donors (Lipinski definition) is 1. The molecule has 0 bridgehead atoms. The highest BCUT2D eigenvalue weighted by atomic mass is 32.1. The van der Waals surface area contributed by atoms with Gasteiger partial charge >= 0.3 is 0 Å². The third kappa shape index (κ3) is 3.92. The van der Waals surface area contributed by atoms with Gasteiger partial charge in [-0.05, 0) is 49.4 Å². The number of likely N-dealkylation sites (tertiary alicyclic amines) is 1. The molecule has 0 saturated carbocycles. The molecule has 1 N–H and O–H groups in total. The summed E-state index contributed by atoms with van der Waals surface area (Å²) in [6.45, 7) is 3.47. The second-order valence-corrected chi connectivity index (χ2v) is 6.87. The molecule has 1 aliphatic rings. The second kappa shape index (κ2) is 7.45. The lowest BCUT2D eigenvalue weighted by molar-refractivity contribution is -0.126. The van der Waals surface area contributed by atoms with Gasteiger partial charge in [0.1, 0.15) is 5.70 Å². The molecule has 2 aromatic rings. The molecule has 2 heterocycles. The van der Waals surface area contributed by atoms with Crippen molar-refractivity contribution in [1.29, 1.82) is 0 Å². The van der Waals surface area contributed by atoms with E-state index in [1.165, 1.54) is 11.3 Å². The third-order valence-electron chi connectivity index (χ3n) is 4.02. The maximum absolute atomic E-state index is 12.7. The van der Waals surface area contributed by atoms with Crippen molar-refractivity contribution in [1.82, 2.24) is 10.2 Å². The van der Waals surface area contributed by atoms with Crippen LogP contribution in [0.15, 0.2) is 47.5 Å². The van der Waals surface area contributed by atoms with Gasteiger partial charge in [-0.2, -0.15) is 0 Å². The molecule has 1 aromatic heterocycles. The molecule has 124 valence electrons. The van der Waals surface area contributed by atoms with Crippen molar-refractivity contribution >= 4 is 29.2 Å². The minimum atomic E-state index is -0.259. The number of benzene rings is 1. The number of nitrogens with zero attached hydrogens (tertiary/aromatic N) is 1. The van der Waals surface area contributed by atoms with E-state index in [1.807, 2.05) is 36.6 Å². The van der Waals surface area contributed by atoms with Crippen LogP contribution in [0.4, 0.5) is 0 Å². The zero-order valence-corrected chi connectivity index (χ0v) is 14.4. The second-order valence-electron chi connectivity index (χ2n) is 5.89. The minimum Gasteiger partial charge on any atom is -0.337 e. The van der Waals surface area contributed by atoms with Crippen molar-refractivity contribution in [3.8, 4) is 0 Å². The highest BCUT2D eigenvalue weighted by molar-refractivity contribution is 7.10. The molecule has 0 aliphatic carbocycles. The first-order chi connectivity index (χ1) is 11.6. The third-order valence-corrected chi connectivity index (χ3v) is 4.83. The van der Waals surface area contributed by atoms with Crippen LogP contribution in [0.1, 0.15) is 33.6 Å². The van der Waals surface area contributed by atoms with E-state index in [1.54, 1.807) is 23.1 Å². The number of carbonyl (C=O) groups is 2. The molecule has 24 heavy (non-hydrogen) atoms. The van der Waals surface area contributed by atoms with Crippen molar-refractivity contribution in [3.63, 3.8) is 0 Å². The van der Waals surface area contributed by atoms with Gasteiger partial charge in [0.25, 0.3) is 11.8 Å². The lowest BCUT2D eigenvalue weighted by Gasteiger charge is -2.18. The predicted octanol–water partition coefficient (Wildman–Crippen LogP) is 3.45. The van der Waals surface area contributed by atoms with E-state index in [2.05, 4.69) is 5.32 Å². The Hall–Kier alpha value is -2.40. The summed E-state index contributed by atoms with van der Waals surface area (Å²) in [5.41, 5.74) is 1.98. The summed E-state index contributed by atoms with van der Waals surface area (Å²) in [5.74, 6) is -0.369. The SMILES string of the molecule is Cc1ccc(C(=O)NC(=Cc2cccs2)C(=O)N2CCCC2)cc1. The molecule has 2 amide bonds. The summed E-state index contributed by atoms with van der Waals surface area (Å²) in [6.07, 6.45) is 3.80. The molecular weight excluding hydrogens is 320 g/mol. The van der Waals surface area contributed by atoms with Gasteiger partial charge in [0, 0.05) is 23.5 Å². The molecule has 1 aromatic carbocycles. The van der Waals surface area contributed by atoms with Crippen molar-refractivity contribution in [2.75, 3.05) is 13.1 Å². The van der Waals surface area contributed by atoms with Crippen molar-refractivity contribution < 1.29 is 9.59 Å². The average Bonchev–Trinajstić information content (AvgIpc) is 3.28. The zero-order valence-electron chi connectivity index (χ0n) is 13.6. The summed E-state index contributed by atoms with van der Waals surface area (Å²) in [6, 6.07) is 11.2. The summed E-state index contributed by atoms with van der Waals surface area (Å²) >= 11 is 1.54. The fourth-order valence-corrected chi connectivity index (χ4v) is 3.31. The Morgan fingerprint density at radius 2 is 1.83 bits per heavy atom. The quantitative estimate of drug-likeness (QED) is 0.867. The lowest BCUT2D eigenvalue weighted by Crippen LogP contribution is -2.36. The van der Waals surface area contributed by atoms with Crippen LogP contribution in [-0.2, 0) is 4.79 Å². The smallest absolute Gasteiger partial charge is 0.270 e. The van der Waals surface area contributed by atoms with Gasteiger partial charge in [0.2, 0.25) is 0 Å². The number of thiophene rings is 1. The first-order valence-electron chi connectivity index (χ1n) is 8.06. The first-order valence-corrected chi connectivity index (χ1v) is 8.94. The van der Waals surface area contributed by atoms with E-state index in [0.717, 1.165) is 36.4 Å². The molecule has 5 heteroatoms. The fraction of sp³-hybridized carbons (Fsp3) is 0.263. The van der Waals surface area contributed by atoms with Gasteiger partial charge in [0.05, 0.1) is 0 Å². The van der Waals surface area contributed by atoms with Crippen molar-refractivity contribution in [3.05, 3.63) is 63.5 Å². The summed E-state index contributed by atoms with van der Waals surface area (Å²) < 4.78 is 0. The van der Waals surface area contributed by atoms with Crippen LogP contribution in [0.3, 0.4) is 0 Å². The average molecular weight is 340 g/mol. The van der Waals surface area contributed by atoms with Crippen molar-refractivity contribution in [2.45, 2.75) is 19.8 Å². The zero-order chi connectivity index (χ0) is 16.9. The van der Waals surface area contributed by atoms with Crippen LogP contribution in [0, 0.1) is 6.92 Å². The van der Waals surface area contributed by atoms with Gasteiger partial charge < -0.3 is 10.2 Å². The highest BCUT2D eigenvalue weighted by Crippen LogP contribution is 2.17. The molecule has 0 atom stereocenters. The molecule has 4 nitrogen and oxygen atoms in total. The molecule has 1 aliphatic heterocycles. The number of aryl methyl sites for hydroxylation is 1. The topological polar surface area (TPSA) is 49.4 Å². The van der Waals surface area contributed by atoms with Gasteiger partial charge in [-0.25, -0.2) is 0 Å². The maximum Gasteiger partial charge on any atom is 0.270 e. The van der Waals surface area contributed by atoms with E-state index in [-0.39, 0.29) is 11.8 Å². The molecule has 0 spiro atoms. The standard InChI is InChI=1S/C19H20N2O2S/c1-14-6-8-15(9-7-14)18(22)20-17(13-16-5-4-12-24-16)19(23)21-10-2-3-11-21/h4-9,12-13H,2-3,10-11H2,1H3,(H,20,22). The van der Waals surface area contributed by atoms with E-state index in [9.17, 15) is 9.59 Å². The van der Waals surface area contributed by atoms with Crippen LogP contribution >= 0.6 is 11.3 Å². The first kappa shape index (κ1) is 16.5. The van der Waals surface area contributed by atoms with E-state index in [4.69, 9.17) is 0 Å². The van der Waals surface area contributed by atoms with Crippen LogP contribution in [0.2, 0.25) is 0 Å². The molecule has 0 radical (unpaired) electrons. The van der Waals surface area contributed by atoms with Gasteiger partial charge in [-0.3, -0.25) is 9.59 Å². The Morgan fingerprint density at radius 1 is 1.12 bits per heavy atom. The number of amides is 2.